The molecule has 24 heavy (non-hydrogen) atoms. The van der Waals surface area contributed by atoms with Gasteiger partial charge < -0.3 is 15.2 Å². The van der Waals surface area contributed by atoms with Gasteiger partial charge in [0.25, 0.3) is 0 Å². The Kier molecular flexibility index (Phi) is 5.18. The zero-order chi connectivity index (χ0) is 17.7. The summed E-state index contributed by atoms with van der Waals surface area (Å²) in [6.45, 7) is 3.77. The second-order valence-corrected chi connectivity index (χ2v) is 6.03. The molecule has 0 aliphatic carbocycles. The molecule has 0 spiro atoms. The summed E-state index contributed by atoms with van der Waals surface area (Å²) in [7, 11) is 1.36. The highest BCUT2D eigenvalue weighted by Gasteiger charge is 2.29. The van der Waals surface area contributed by atoms with Gasteiger partial charge in [0.15, 0.2) is 0 Å². The molecule has 0 aliphatic heterocycles. The van der Waals surface area contributed by atoms with Crippen molar-refractivity contribution in [2.75, 3.05) is 13.7 Å². The molecule has 126 valence electrons. The van der Waals surface area contributed by atoms with Crippen LogP contribution in [0.2, 0.25) is 0 Å². The third-order valence-electron chi connectivity index (χ3n) is 3.56. The Morgan fingerprint density at radius 3 is 2.38 bits per heavy atom. The number of carbonyl (C=O) groups excluding carboxylic acids is 1. The molecule has 6 heteroatoms. The van der Waals surface area contributed by atoms with Gasteiger partial charge in [-0.05, 0) is 50.2 Å². The van der Waals surface area contributed by atoms with Crippen molar-refractivity contribution in [2.24, 2.45) is 11.1 Å². The van der Waals surface area contributed by atoms with Gasteiger partial charge in [0.1, 0.15) is 18.2 Å². The fourth-order valence-corrected chi connectivity index (χ4v) is 2.04. The Morgan fingerprint density at radius 2 is 1.88 bits per heavy atom. The topological polar surface area (TPSA) is 98.3 Å². The van der Waals surface area contributed by atoms with E-state index in [2.05, 4.69) is 4.98 Å². The number of esters is 1. The minimum atomic E-state index is -0.711. The molecule has 0 bridgehead atoms. The van der Waals surface area contributed by atoms with E-state index in [1.54, 1.807) is 26.1 Å². The molecule has 1 aromatic heterocycles. The maximum absolute atomic E-state index is 11.6. The lowest BCUT2D eigenvalue weighted by Gasteiger charge is -2.21. The number of amidine groups is 1. The van der Waals surface area contributed by atoms with Crippen molar-refractivity contribution in [3.8, 4) is 17.0 Å². The van der Waals surface area contributed by atoms with Crippen LogP contribution in [0.15, 0.2) is 42.6 Å². The van der Waals surface area contributed by atoms with Gasteiger partial charge in [-0.3, -0.25) is 15.2 Å². The molecule has 0 fully saturated rings. The van der Waals surface area contributed by atoms with E-state index in [-0.39, 0.29) is 18.4 Å². The third kappa shape index (κ3) is 4.10. The van der Waals surface area contributed by atoms with Gasteiger partial charge in [-0.1, -0.05) is 0 Å². The predicted molar refractivity (Wildman–Crippen MR) is 92.0 cm³/mol. The van der Waals surface area contributed by atoms with E-state index in [9.17, 15) is 4.79 Å². The predicted octanol–water partition coefficient (Wildman–Crippen LogP) is 2.61. The zero-order valence-electron chi connectivity index (χ0n) is 14.0. The van der Waals surface area contributed by atoms with Crippen molar-refractivity contribution in [3.63, 3.8) is 0 Å². The summed E-state index contributed by atoms with van der Waals surface area (Å²) in [6, 6.07) is 11.0. The monoisotopic (exact) mass is 327 g/mol. The molecule has 2 aromatic rings. The Hall–Kier alpha value is -2.89. The number of methoxy groups -OCH3 is 1. The van der Waals surface area contributed by atoms with Gasteiger partial charge in [-0.2, -0.15) is 0 Å². The summed E-state index contributed by atoms with van der Waals surface area (Å²) in [5.41, 5.74) is 6.99. The fraction of sp³-hybridized carbons (Fsp3) is 0.278. The number of nitrogen functional groups attached to an aromatic ring is 1. The lowest BCUT2D eigenvalue weighted by atomic mass is 9.95. The first-order valence-corrected chi connectivity index (χ1v) is 7.45. The molecule has 0 unspecified atom stereocenters. The molecule has 0 saturated carbocycles. The summed E-state index contributed by atoms with van der Waals surface area (Å²) in [5, 5.41) is 7.37. The number of hydrogen-bond donors (Lipinski definition) is 2. The minimum absolute atomic E-state index is 0.00832. The SMILES string of the molecule is COC(=O)C(C)(C)COc1ccc(-c2ccc(C(=N)N)cn2)cc1. The van der Waals surface area contributed by atoms with Crippen molar-refractivity contribution in [1.82, 2.24) is 4.98 Å². The maximum Gasteiger partial charge on any atom is 0.314 e. The van der Waals surface area contributed by atoms with Crippen molar-refractivity contribution in [3.05, 3.63) is 48.2 Å². The normalized spacial score (nSPS) is 11.0. The molecular formula is C18H21N3O3. The first-order chi connectivity index (χ1) is 11.3. The van der Waals surface area contributed by atoms with E-state index in [0.29, 0.717) is 11.3 Å². The summed E-state index contributed by atoms with van der Waals surface area (Å²) in [4.78, 5) is 15.9. The van der Waals surface area contributed by atoms with Crippen LogP contribution in [-0.4, -0.2) is 30.5 Å². The van der Waals surface area contributed by atoms with Crippen molar-refractivity contribution >= 4 is 11.8 Å². The number of benzene rings is 1. The number of ether oxygens (including phenoxy) is 2. The van der Waals surface area contributed by atoms with Crippen molar-refractivity contribution in [2.45, 2.75) is 13.8 Å². The van der Waals surface area contributed by atoms with Crippen LogP contribution < -0.4 is 10.5 Å². The van der Waals surface area contributed by atoms with Crippen LogP contribution in [0.4, 0.5) is 0 Å². The van der Waals surface area contributed by atoms with Gasteiger partial charge >= 0.3 is 5.97 Å². The first kappa shape index (κ1) is 17.5. The highest BCUT2D eigenvalue weighted by atomic mass is 16.5. The molecule has 1 aromatic carbocycles. The number of carbonyl (C=O) groups is 1. The minimum Gasteiger partial charge on any atom is -0.492 e. The van der Waals surface area contributed by atoms with E-state index in [4.69, 9.17) is 20.6 Å². The quantitative estimate of drug-likeness (QED) is 0.483. The number of hydrogen-bond acceptors (Lipinski definition) is 5. The maximum atomic E-state index is 11.6. The molecule has 0 atom stereocenters. The van der Waals surface area contributed by atoms with Crippen LogP contribution in [-0.2, 0) is 9.53 Å². The number of nitrogens with one attached hydrogen (secondary N) is 1. The van der Waals surface area contributed by atoms with Crippen LogP contribution in [0.1, 0.15) is 19.4 Å². The van der Waals surface area contributed by atoms with Gasteiger partial charge in [-0.15, -0.1) is 0 Å². The van der Waals surface area contributed by atoms with E-state index in [1.165, 1.54) is 7.11 Å². The van der Waals surface area contributed by atoms with Gasteiger partial charge in [0.2, 0.25) is 0 Å². The summed E-state index contributed by atoms with van der Waals surface area (Å²) in [5.74, 6) is 0.344. The molecule has 1 heterocycles. The smallest absolute Gasteiger partial charge is 0.314 e. The highest BCUT2D eigenvalue weighted by Crippen LogP contribution is 2.23. The Bertz CT molecular complexity index is 722. The molecule has 6 nitrogen and oxygen atoms in total. The summed E-state index contributed by atoms with van der Waals surface area (Å²) in [6.07, 6.45) is 1.57. The highest BCUT2D eigenvalue weighted by molar-refractivity contribution is 5.94. The van der Waals surface area contributed by atoms with Gasteiger partial charge in [0, 0.05) is 17.3 Å². The van der Waals surface area contributed by atoms with E-state index in [0.717, 1.165) is 11.3 Å². The number of aromatic nitrogens is 1. The average Bonchev–Trinajstić information content (AvgIpc) is 2.59. The van der Waals surface area contributed by atoms with Crippen LogP contribution >= 0.6 is 0 Å². The third-order valence-corrected chi connectivity index (χ3v) is 3.56. The Balaban J connectivity index is 2.05. The van der Waals surface area contributed by atoms with E-state index < -0.39 is 5.41 Å². The first-order valence-electron chi connectivity index (χ1n) is 7.45. The molecule has 0 amide bonds. The summed E-state index contributed by atoms with van der Waals surface area (Å²) < 4.78 is 10.4. The van der Waals surface area contributed by atoms with Gasteiger partial charge in [-0.25, -0.2) is 0 Å². The van der Waals surface area contributed by atoms with Crippen LogP contribution in [0.25, 0.3) is 11.3 Å². The number of rotatable bonds is 6. The molecule has 3 N–H and O–H groups in total. The Labute approximate surface area is 141 Å². The number of nitrogens with two attached hydrogens (primary N) is 1. The van der Waals surface area contributed by atoms with Crippen LogP contribution in [0, 0.1) is 10.8 Å². The second-order valence-electron chi connectivity index (χ2n) is 6.03. The number of pyridine rings is 1. The van der Waals surface area contributed by atoms with Crippen molar-refractivity contribution < 1.29 is 14.3 Å². The van der Waals surface area contributed by atoms with Crippen LogP contribution in [0.3, 0.4) is 0 Å². The lowest BCUT2D eigenvalue weighted by molar-refractivity contribution is -0.152. The number of nitrogens with zero attached hydrogens (tertiary/aromatic N) is 1. The van der Waals surface area contributed by atoms with E-state index in [1.807, 2.05) is 30.3 Å². The standard InChI is InChI=1S/C18H21N3O3/c1-18(2,17(22)23-3)11-24-14-7-4-12(5-8-14)15-9-6-13(10-21-15)16(19)20/h4-10H,11H2,1-3H3,(H3,19,20). The molecule has 0 saturated heterocycles. The largest absolute Gasteiger partial charge is 0.492 e. The fourth-order valence-electron chi connectivity index (χ4n) is 2.04. The Morgan fingerprint density at radius 1 is 1.21 bits per heavy atom. The zero-order valence-corrected chi connectivity index (χ0v) is 14.0. The second kappa shape index (κ2) is 7.12. The molecule has 2 rings (SSSR count). The van der Waals surface area contributed by atoms with Gasteiger partial charge in [0.05, 0.1) is 18.2 Å². The lowest BCUT2D eigenvalue weighted by Crippen LogP contribution is -2.32. The molecule has 0 aliphatic rings. The summed E-state index contributed by atoms with van der Waals surface area (Å²) >= 11 is 0. The molecular weight excluding hydrogens is 306 g/mol. The van der Waals surface area contributed by atoms with Crippen LogP contribution in [0.5, 0.6) is 5.75 Å². The van der Waals surface area contributed by atoms with Crippen molar-refractivity contribution in [1.29, 1.82) is 5.41 Å². The van der Waals surface area contributed by atoms with E-state index >= 15 is 0 Å². The molecule has 0 radical (unpaired) electrons. The average molecular weight is 327 g/mol.